The molecule has 6 heteroatoms. The van der Waals surface area contributed by atoms with E-state index in [1.807, 2.05) is 22.8 Å². The van der Waals surface area contributed by atoms with Crippen molar-refractivity contribution in [3.05, 3.63) is 72.2 Å². The highest BCUT2D eigenvalue weighted by molar-refractivity contribution is 5.95. The second kappa shape index (κ2) is 8.55. The van der Waals surface area contributed by atoms with Gasteiger partial charge in [-0.3, -0.25) is 4.79 Å². The summed E-state index contributed by atoms with van der Waals surface area (Å²) in [5.41, 5.74) is 2.74. The maximum Gasteiger partial charge on any atom is 0.387 e. The quantitative estimate of drug-likeness (QED) is 0.448. The van der Waals surface area contributed by atoms with E-state index < -0.39 is 6.61 Å². The summed E-state index contributed by atoms with van der Waals surface area (Å²) in [5, 5.41) is 0. The first-order valence-corrected chi connectivity index (χ1v) is 9.87. The predicted octanol–water partition coefficient (Wildman–Crippen LogP) is 4.65. The summed E-state index contributed by atoms with van der Waals surface area (Å²) in [7, 11) is 0. The summed E-state index contributed by atoms with van der Waals surface area (Å²) in [6.07, 6.45) is 6.39. The number of aromatic nitrogens is 2. The molecule has 1 aliphatic heterocycles. The smallest absolute Gasteiger partial charge is 0.387 e. The van der Waals surface area contributed by atoms with Crippen molar-refractivity contribution in [3.8, 4) is 17.0 Å². The highest BCUT2D eigenvalue weighted by atomic mass is 19.3. The van der Waals surface area contributed by atoms with E-state index in [0.29, 0.717) is 5.56 Å². The van der Waals surface area contributed by atoms with E-state index in [0.717, 1.165) is 42.9 Å². The lowest BCUT2D eigenvalue weighted by atomic mass is 10.1. The van der Waals surface area contributed by atoms with Crippen molar-refractivity contribution in [3.63, 3.8) is 0 Å². The molecule has 4 nitrogen and oxygen atoms in total. The Morgan fingerprint density at radius 2 is 1.79 bits per heavy atom. The molecule has 2 heterocycles. The number of ketones is 1. The molecule has 0 radical (unpaired) electrons. The van der Waals surface area contributed by atoms with E-state index in [4.69, 9.17) is 0 Å². The molecule has 0 aliphatic carbocycles. The molecule has 0 amide bonds. The SMILES string of the molecule is O=C(C[n+]1cc(-c2ccccc2)n2c1CCCCC2)c1ccc(OC(F)F)cc1. The van der Waals surface area contributed by atoms with Crippen LogP contribution in [0.2, 0.25) is 0 Å². The third kappa shape index (κ3) is 4.36. The molecule has 0 N–H and O–H groups in total. The Balaban J connectivity index is 1.61. The van der Waals surface area contributed by atoms with Crippen LogP contribution in [0.1, 0.15) is 35.4 Å². The highest BCUT2D eigenvalue weighted by Gasteiger charge is 2.27. The van der Waals surface area contributed by atoms with Crippen molar-refractivity contribution >= 4 is 5.78 Å². The van der Waals surface area contributed by atoms with Gasteiger partial charge in [0.25, 0.3) is 5.82 Å². The lowest BCUT2D eigenvalue weighted by Gasteiger charge is -2.05. The molecule has 0 atom stereocenters. The van der Waals surface area contributed by atoms with Crippen LogP contribution in [0.15, 0.2) is 60.8 Å². The minimum atomic E-state index is -2.87. The molecule has 3 aromatic rings. The number of carbonyl (C=O) groups is 1. The number of halogens is 2. The molecule has 0 bridgehead atoms. The third-order valence-corrected chi connectivity index (χ3v) is 5.28. The molecule has 29 heavy (non-hydrogen) atoms. The number of imidazole rings is 1. The number of fused-ring (bicyclic) bond motifs is 1. The van der Waals surface area contributed by atoms with E-state index in [-0.39, 0.29) is 18.1 Å². The van der Waals surface area contributed by atoms with Crippen molar-refractivity contribution in [1.82, 2.24) is 4.57 Å². The van der Waals surface area contributed by atoms with Crippen LogP contribution in [-0.4, -0.2) is 17.0 Å². The van der Waals surface area contributed by atoms with Gasteiger partial charge in [-0.15, -0.1) is 0 Å². The fourth-order valence-electron chi connectivity index (χ4n) is 3.89. The van der Waals surface area contributed by atoms with Gasteiger partial charge < -0.3 is 4.74 Å². The molecule has 1 aliphatic rings. The van der Waals surface area contributed by atoms with Crippen molar-refractivity contribution in [1.29, 1.82) is 0 Å². The Morgan fingerprint density at radius 3 is 2.52 bits per heavy atom. The Bertz CT molecular complexity index is 982. The number of rotatable bonds is 6. The molecule has 0 saturated heterocycles. The van der Waals surface area contributed by atoms with Crippen LogP contribution in [0.3, 0.4) is 0 Å². The maximum absolute atomic E-state index is 12.8. The second-order valence-electron chi connectivity index (χ2n) is 7.21. The van der Waals surface area contributed by atoms with Gasteiger partial charge in [-0.25, -0.2) is 9.13 Å². The number of hydrogen-bond acceptors (Lipinski definition) is 2. The zero-order valence-electron chi connectivity index (χ0n) is 16.1. The van der Waals surface area contributed by atoms with Crippen LogP contribution < -0.4 is 9.30 Å². The van der Waals surface area contributed by atoms with Crippen LogP contribution in [0.5, 0.6) is 5.75 Å². The van der Waals surface area contributed by atoms with Gasteiger partial charge in [-0.1, -0.05) is 30.3 Å². The summed E-state index contributed by atoms with van der Waals surface area (Å²) in [4.78, 5) is 12.8. The Hall–Kier alpha value is -3.02. The number of carbonyl (C=O) groups excluding carboxylic acids is 1. The summed E-state index contributed by atoms with van der Waals surface area (Å²) < 4.78 is 33.3. The van der Waals surface area contributed by atoms with Crippen LogP contribution in [0, 0.1) is 0 Å². The molecule has 0 unspecified atom stereocenters. The normalized spacial score (nSPS) is 13.8. The average Bonchev–Trinajstić information content (AvgIpc) is 2.89. The van der Waals surface area contributed by atoms with E-state index >= 15 is 0 Å². The molecule has 0 spiro atoms. The van der Waals surface area contributed by atoms with Gasteiger partial charge in [0.15, 0.2) is 12.2 Å². The van der Waals surface area contributed by atoms with Gasteiger partial charge in [0.05, 0.1) is 6.54 Å². The highest BCUT2D eigenvalue weighted by Crippen LogP contribution is 2.24. The van der Waals surface area contributed by atoms with Gasteiger partial charge in [0, 0.05) is 17.5 Å². The molecular weight excluding hydrogens is 374 g/mol. The van der Waals surface area contributed by atoms with Crippen LogP contribution in [-0.2, 0) is 19.5 Å². The van der Waals surface area contributed by atoms with Crippen LogP contribution in [0.4, 0.5) is 8.78 Å². The first kappa shape index (κ1) is 19.3. The average molecular weight is 397 g/mol. The van der Waals surface area contributed by atoms with E-state index in [9.17, 15) is 13.6 Å². The lowest BCUT2D eigenvalue weighted by molar-refractivity contribution is -0.690. The fourth-order valence-corrected chi connectivity index (χ4v) is 3.89. The van der Waals surface area contributed by atoms with Gasteiger partial charge in [0.2, 0.25) is 5.78 Å². The van der Waals surface area contributed by atoms with Crippen LogP contribution in [0.25, 0.3) is 11.3 Å². The Labute approximate surface area is 168 Å². The predicted molar refractivity (Wildman–Crippen MR) is 105 cm³/mol. The van der Waals surface area contributed by atoms with E-state index in [1.165, 1.54) is 30.7 Å². The minimum Gasteiger partial charge on any atom is -0.435 e. The summed E-state index contributed by atoms with van der Waals surface area (Å²) in [6.45, 7) is -1.71. The third-order valence-electron chi connectivity index (χ3n) is 5.28. The number of nitrogens with zero attached hydrogens (tertiary/aromatic N) is 2. The van der Waals surface area contributed by atoms with E-state index in [2.05, 4.69) is 27.6 Å². The standard InChI is InChI=1S/C23H23F2N2O2/c24-23(25)29-19-12-10-18(11-13-19)21(28)16-26-15-20(17-7-3-1-4-8-17)27-14-6-2-5-9-22(26)27/h1,3-4,7-8,10-13,15,23H,2,5-6,9,14,16H2/q+1. The number of benzene rings is 2. The molecule has 2 aromatic carbocycles. The van der Waals surface area contributed by atoms with Gasteiger partial charge in [0.1, 0.15) is 11.9 Å². The molecule has 0 fully saturated rings. The largest absolute Gasteiger partial charge is 0.435 e. The summed E-state index contributed by atoms with van der Waals surface area (Å²) in [5.74, 6) is 1.15. The summed E-state index contributed by atoms with van der Waals surface area (Å²) >= 11 is 0. The monoisotopic (exact) mass is 397 g/mol. The zero-order valence-corrected chi connectivity index (χ0v) is 16.1. The first-order valence-electron chi connectivity index (χ1n) is 9.87. The van der Waals surface area contributed by atoms with E-state index in [1.54, 1.807) is 0 Å². The second-order valence-corrected chi connectivity index (χ2v) is 7.21. The van der Waals surface area contributed by atoms with Gasteiger partial charge in [-0.05, 0) is 43.5 Å². The Morgan fingerprint density at radius 1 is 1.03 bits per heavy atom. The van der Waals surface area contributed by atoms with Crippen LogP contribution >= 0.6 is 0 Å². The van der Waals surface area contributed by atoms with Crippen molar-refractivity contribution in [2.45, 2.75) is 45.4 Å². The topological polar surface area (TPSA) is 35.1 Å². The molecule has 0 saturated carbocycles. The van der Waals surface area contributed by atoms with Crippen molar-refractivity contribution in [2.24, 2.45) is 0 Å². The first-order chi connectivity index (χ1) is 14.1. The molecule has 1 aromatic heterocycles. The van der Waals surface area contributed by atoms with Crippen molar-refractivity contribution in [2.75, 3.05) is 0 Å². The van der Waals surface area contributed by atoms with Crippen molar-refractivity contribution < 1.29 is 22.9 Å². The number of alkyl halides is 2. The summed E-state index contributed by atoms with van der Waals surface area (Å²) in [6, 6.07) is 16.1. The maximum atomic E-state index is 12.8. The number of ether oxygens (including phenoxy) is 1. The lowest BCUT2D eigenvalue weighted by Crippen LogP contribution is -2.40. The molecular formula is C23H23F2N2O2+. The van der Waals surface area contributed by atoms with Gasteiger partial charge >= 0.3 is 6.61 Å². The zero-order chi connectivity index (χ0) is 20.2. The number of Topliss-reactive ketones (excluding diaryl/α,β-unsaturated/α-hetero) is 1. The minimum absolute atomic E-state index is 0.0494. The molecule has 150 valence electrons. The van der Waals surface area contributed by atoms with Gasteiger partial charge in [-0.2, -0.15) is 8.78 Å². The molecule has 4 rings (SSSR count). The number of hydrogen-bond donors (Lipinski definition) is 0. The fraction of sp³-hybridized carbons (Fsp3) is 0.304. The Kier molecular flexibility index (Phi) is 5.69.